The van der Waals surface area contributed by atoms with Crippen molar-refractivity contribution in [3.8, 4) is 0 Å². The van der Waals surface area contributed by atoms with Crippen LogP contribution in [0.5, 0.6) is 0 Å². The van der Waals surface area contributed by atoms with Crippen LogP contribution in [0.15, 0.2) is 12.3 Å². The molecule has 0 bridgehead atoms. The Kier molecular flexibility index (Phi) is 4.33. The summed E-state index contributed by atoms with van der Waals surface area (Å²) in [6, 6.07) is 2.16. The largest absolute Gasteiger partial charge is 0.421 e. The quantitative estimate of drug-likeness (QED) is 0.859. The van der Waals surface area contributed by atoms with E-state index in [9.17, 15) is 13.2 Å². The predicted octanol–water partition coefficient (Wildman–Crippen LogP) is 3.94. The summed E-state index contributed by atoms with van der Waals surface area (Å²) in [5.41, 5.74) is 5.77. The molecule has 4 rings (SSSR count). The highest BCUT2D eigenvalue weighted by Crippen LogP contribution is 2.40. The summed E-state index contributed by atoms with van der Waals surface area (Å²) < 4.78 is 41.4. The molecule has 2 heterocycles. The molecule has 2 aliphatic carbocycles. The van der Waals surface area contributed by atoms with Crippen molar-refractivity contribution in [3.63, 3.8) is 0 Å². The number of aromatic nitrogens is 3. The zero-order valence-corrected chi connectivity index (χ0v) is 14.8. The fourth-order valence-electron chi connectivity index (χ4n) is 4.06. The van der Waals surface area contributed by atoms with Gasteiger partial charge >= 0.3 is 6.18 Å². The van der Waals surface area contributed by atoms with Crippen molar-refractivity contribution in [1.29, 1.82) is 0 Å². The molecule has 2 aromatic heterocycles. The Balaban J connectivity index is 1.76. The molecular formula is C18H24F3N5. The molecule has 2 fully saturated rings. The van der Waals surface area contributed by atoms with Crippen molar-refractivity contribution in [2.75, 3.05) is 5.32 Å². The highest BCUT2D eigenvalue weighted by molar-refractivity contribution is 5.56. The van der Waals surface area contributed by atoms with Gasteiger partial charge in [0.1, 0.15) is 11.4 Å². The number of alkyl halides is 3. The lowest BCUT2D eigenvalue weighted by Crippen LogP contribution is -2.23. The molecule has 142 valence electrons. The SMILES string of the molecule is CC(c1cc(N[C@H]2CC[C@H](N)C2)n2ncc(C(F)(F)F)c2n1)C1CCC1. The fraction of sp³-hybridized carbons (Fsp3) is 0.667. The van der Waals surface area contributed by atoms with Crippen molar-refractivity contribution in [2.24, 2.45) is 11.7 Å². The summed E-state index contributed by atoms with van der Waals surface area (Å²) in [5, 5.41) is 7.33. The van der Waals surface area contributed by atoms with Gasteiger partial charge in [-0.25, -0.2) is 4.98 Å². The summed E-state index contributed by atoms with van der Waals surface area (Å²) in [4.78, 5) is 4.37. The minimum absolute atomic E-state index is 0.119. The second-order valence-electron chi connectivity index (χ2n) is 7.75. The summed E-state index contributed by atoms with van der Waals surface area (Å²) in [7, 11) is 0. The van der Waals surface area contributed by atoms with Gasteiger partial charge < -0.3 is 11.1 Å². The number of fused-ring (bicyclic) bond motifs is 1. The molecule has 8 heteroatoms. The standard InChI is InChI=1S/C18H24F3N5/c1-10(11-3-2-4-11)15-8-16(24-13-6-5-12(22)7-13)26-17(25-15)14(9-23-26)18(19,20)21/h8-13,24H,2-7,22H2,1H3/t10?,12-,13-/m0/s1. The summed E-state index contributed by atoms with van der Waals surface area (Å²) in [6.45, 7) is 2.06. The van der Waals surface area contributed by atoms with Crippen LogP contribution in [-0.2, 0) is 6.18 Å². The minimum atomic E-state index is -4.47. The second kappa shape index (κ2) is 6.40. The van der Waals surface area contributed by atoms with E-state index in [-0.39, 0.29) is 23.6 Å². The third kappa shape index (κ3) is 3.15. The van der Waals surface area contributed by atoms with E-state index in [4.69, 9.17) is 5.73 Å². The predicted molar refractivity (Wildman–Crippen MR) is 93.0 cm³/mol. The third-order valence-corrected chi connectivity index (χ3v) is 5.95. The normalized spacial score (nSPS) is 25.4. The summed E-state index contributed by atoms with van der Waals surface area (Å²) in [5.74, 6) is 1.21. The second-order valence-corrected chi connectivity index (χ2v) is 7.75. The van der Waals surface area contributed by atoms with Crippen molar-refractivity contribution in [1.82, 2.24) is 14.6 Å². The van der Waals surface area contributed by atoms with Gasteiger partial charge in [-0.05, 0) is 38.0 Å². The molecule has 1 unspecified atom stereocenters. The molecule has 3 N–H and O–H groups in total. The van der Waals surface area contributed by atoms with Gasteiger partial charge in [0.05, 0.1) is 6.20 Å². The van der Waals surface area contributed by atoms with Gasteiger partial charge in [-0.15, -0.1) is 0 Å². The van der Waals surface area contributed by atoms with Crippen LogP contribution in [0.1, 0.15) is 62.6 Å². The highest BCUT2D eigenvalue weighted by Gasteiger charge is 2.37. The van der Waals surface area contributed by atoms with E-state index in [1.807, 2.05) is 6.07 Å². The number of nitrogens with two attached hydrogens (primary N) is 1. The minimum Gasteiger partial charge on any atom is -0.367 e. The monoisotopic (exact) mass is 367 g/mol. The first kappa shape index (κ1) is 17.6. The van der Waals surface area contributed by atoms with E-state index in [2.05, 4.69) is 22.3 Å². The Bertz CT molecular complexity index is 796. The maximum absolute atomic E-state index is 13.4. The summed E-state index contributed by atoms with van der Waals surface area (Å²) in [6.07, 6.45) is 2.44. The molecule has 0 aliphatic heterocycles. The van der Waals surface area contributed by atoms with E-state index < -0.39 is 11.7 Å². The number of rotatable bonds is 4. The van der Waals surface area contributed by atoms with Crippen LogP contribution in [-0.4, -0.2) is 26.7 Å². The van der Waals surface area contributed by atoms with Crippen LogP contribution in [0, 0.1) is 5.92 Å². The smallest absolute Gasteiger partial charge is 0.367 e. The average Bonchev–Trinajstić information content (AvgIpc) is 3.11. The first-order valence-electron chi connectivity index (χ1n) is 9.31. The number of halogens is 3. The molecule has 26 heavy (non-hydrogen) atoms. The van der Waals surface area contributed by atoms with Crippen molar-refractivity contribution in [3.05, 3.63) is 23.5 Å². The molecule has 2 saturated carbocycles. The topological polar surface area (TPSA) is 68.2 Å². The van der Waals surface area contributed by atoms with Crippen LogP contribution >= 0.6 is 0 Å². The third-order valence-electron chi connectivity index (χ3n) is 5.95. The molecule has 0 radical (unpaired) electrons. The molecule has 0 spiro atoms. The summed E-state index contributed by atoms with van der Waals surface area (Å²) >= 11 is 0. The van der Waals surface area contributed by atoms with E-state index in [1.165, 1.54) is 10.9 Å². The number of hydrogen-bond donors (Lipinski definition) is 2. The van der Waals surface area contributed by atoms with Crippen molar-refractivity contribution in [2.45, 2.75) is 69.6 Å². The van der Waals surface area contributed by atoms with Crippen LogP contribution in [0.4, 0.5) is 19.0 Å². The average molecular weight is 367 g/mol. The Morgan fingerprint density at radius 3 is 2.62 bits per heavy atom. The molecule has 2 aliphatic rings. The van der Waals surface area contributed by atoms with E-state index >= 15 is 0 Å². The first-order chi connectivity index (χ1) is 12.3. The molecule has 3 atom stereocenters. The highest BCUT2D eigenvalue weighted by atomic mass is 19.4. The first-order valence-corrected chi connectivity index (χ1v) is 9.31. The Labute approximate surface area is 150 Å². The van der Waals surface area contributed by atoms with Crippen LogP contribution < -0.4 is 11.1 Å². The van der Waals surface area contributed by atoms with E-state index in [1.54, 1.807) is 0 Å². The Morgan fingerprint density at radius 1 is 1.27 bits per heavy atom. The van der Waals surface area contributed by atoms with Crippen molar-refractivity contribution >= 4 is 11.5 Å². The van der Waals surface area contributed by atoms with E-state index in [0.29, 0.717) is 17.4 Å². The lowest BCUT2D eigenvalue weighted by molar-refractivity contribution is -0.136. The maximum atomic E-state index is 13.4. The molecule has 0 amide bonds. The molecule has 5 nitrogen and oxygen atoms in total. The van der Waals surface area contributed by atoms with Gasteiger partial charge in [0.2, 0.25) is 0 Å². The van der Waals surface area contributed by atoms with Crippen molar-refractivity contribution < 1.29 is 13.2 Å². The van der Waals surface area contributed by atoms with Gasteiger partial charge in [0, 0.05) is 29.8 Å². The Hall–Kier alpha value is -1.83. The van der Waals surface area contributed by atoms with Gasteiger partial charge in [-0.1, -0.05) is 13.3 Å². The lowest BCUT2D eigenvalue weighted by atomic mass is 9.75. The zero-order valence-electron chi connectivity index (χ0n) is 14.8. The Morgan fingerprint density at radius 2 is 2.04 bits per heavy atom. The van der Waals surface area contributed by atoms with Gasteiger partial charge in [-0.3, -0.25) is 0 Å². The number of anilines is 1. The zero-order chi connectivity index (χ0) is 18.5. The number of nitrogens with zero attached hydrogens (tertiary/aromatic N) is 3. The lowest BCUT2D eigenvalue weighted by Gasteiger charge is -2.31. The van der Waals surface area contributed by atoms with E-state index in [0.717, 1.165) is 38.3 Å². The molecule has 0 saturated heterocycles. The van der Waals surface area contributed by atoms with Gasteiger partial charge in [0.15, 0.2) is 5.65 Å². The van der Waals surface area contributed by atoms with Crippen LogP contribution in [0.2, 0.25) is 0 Å². The molecule has 2 aromatic rings. The van der Waals surface area contributed by atoms with Crippen LogP contribution in [0.25, 0.3) is 5.65 Å². The maximum Gasteiger partial charge on any atom is 0.421 e. The fourth-order valence-corrected chi connectivity index (χ4v) is 4.06. The van der Waals surface area contributed by atoms with Gasteiger partial charge in [0.25, 0.3) is 0 Å². The van der Waals surface area contributed by atoms with Gasteiger partial charge in [-0.2, -0.15) is 22.8 Å². The molecule has 0 aromatic carbocycles. The number of nitrogens with one attached hydrogen (secondary N) is 1. The van der Waals surface area contributed by atoms with Crippen LogP contribution in [0.3, 0.4) is 0 Å². The molecular weight excluding hydrogens is 343 g/mol. The number of hydrogen-bond acceptors (Lipinski definition) is 4.